The van der Waals surface area contributed by atoms with Gasteiger partial charge in [-0.25, -0.2) is 0 Å². The third-order valence-corrected chi connectivity index (χ3v) is 5.66. The summed E-state index contributed by atoms with van der Waals surface area (Å²) in [7, 11) is 0. The molecule has 1 fully saturated rings. The summed E-state index contributed by atoms with van der Waals surface area (Å²) in [5, 5.41) is 1.61. The second-order valence-electron chi connectivity index (χ2n) is 7.60. The molecule has 0 spiro atoms. The van der Waals surface area contributed by atoms with E-state index in [1.54, 1.807) is 0 Å². The molecule has 0 bridgehead atoms. The van der Waals surface area contributed by atoms with E-state index in [0.717, 1.165) is 49.3 Å². The SMILES string of the molecule is CC(CN1CCOCC1)N(Cc1ccccc1)C(=O)c1cc2cc(Cl)ccc2[nH]1. The van der Waals surface area contributed by atoms with Crippen molar-refractivity contribution in [2.24, 2.45) is 0 Å². The fourth-order valence-electron chi connectivity index (χ4n) is 3.84. The minimum Gasteiger partial charge on any atom is -0.379 e. The number of carbonyl (C=O) groups is 1. The normalized spacial score (nSPS) is 16.1. The van der Waals surface area contributed by atoms with E-state index < -0.39 is 0 Å². The highest BCUT2D eigenvalue weighted by Crippen LogP contribution is 2.22. The van der Waals surface area contributed by atoms with Gasteiger partial charge in [-0.15, -0.1) is 0 Å². The highest BCUT2D eigenvalue weighted by molar-refractivity contribution is 6.31. The van der Waals surface area contributed by atoms with Crippen LogP contribution in [0.15, 0.2) is 54.6 Å². The Labute approximate surface area is 176 Å². The second-order valence-corrected chi connectivity index (χ2v) is 8.03. The number of halogens is 1. The van der Waals surface area contributed by atoms with Gasteiger partial charge >= 0.3 is 0 Å². The van der Waals surface area contributed by atoms with Gasteiger partial charge in [0.1, 0.15) is 5.69 Å². The number of hydrogen-bond acceptors (Lipinski definition) is 3. The number of morpholine rings is 1. The Balaban J connectivity index is 1.59. The van der Waals surface area contributed by atoms with E-state index in [4.69, 9.17) is 16.3 Å². The smallest absolute Gasteiger partial charge is 0.270 e. The summed E-state index contributed by atoms with van der Waals surface area (Å²) >= 11 is 6.11. The maximum Gasteiger partial charge on any atom is 0.270 e. The minimum absolute atomic E-state index is 0.00179. The number of H-pyrrole nitrogens is 1. The van der Waals surface area contributed by atoms with Gasteiger partial charge in [-0.2, -0.15) is 0 Å². The highest BCUT2D eigenvalue weighted by atomic mass is 35.5. The second kappa shape index (κ2) is 8.99. The van der Waals surface area contributed by atoms with Crippen LogP contribution >= 0.6 is 11.6 Å². The van der Waals surface area contributed by atoms with E-state index in [0.29, 0.717) is 17.3 Å². The molecule has 1 aliphatic heterocycles. The number of benzene rings is 2. The van der Waals surface area contributed by atoms with Crippen molar-refractivity contribution in [1.29, 1.82) is 0 Å². The Morgan fingerprint density at radius 3 is 2.69 bits per heavy atom. The van der Waals surface area contributed by atoms with Crippen LogP contribution in [0.3, 0.4) is 0 Å². The fourth-order valence-corrected chi connectivity index (χ4v) is 4.02. The number of rotatable bonds is 6. The molecule has 1 aromatic heterocycles. The predicted molar refractivity (Wildman–Crippen MR) is 116 cm³/mol. The van der Waals surface area contributed by atoms with Crippen LogP contribution in [0.1, 0.15) is 23.0 Å². The monoisotopic (exact) mass is 411 g/mol. The molecule has 1 N–H and O–H groups in total. The van der Waals surface area contributed by atoms with E-state index in [1.165, 1.54) is 0 Å². The lowest BCUT2D eigenvalue weighted by Gasteiger charge is -2.35. The van der Waals surface area contributed by atoms with Crippen LogP contribution in [0.2, 0.25) is 5.02 Å². The Hall–Kier alpha value is -2.34. The van der Waals surface area contributed by atoms with Crippen molar-refractivity contribution >= 4 is 28.4 Å². The van der Waals surface area contributed by atoms with E-state index in [-0.39, 0.29) is 11.9 Å². The molecule has 1 amide bonds. The number of fused-ring (bicyclic) bond motifs is 1. The lowest BCUT2D eigenvalue weighted by atomic mass is 10.1. The molecule has 0 aliphatic carbocycles. The number of nitrogens with zero attached hydrogens (tertiary/aromatic N) is 2. The topological polar surface area (TPSA) is 48.6 Å². The van der Waals surface area contributed by atoms with Crippen LogP contribution in [-0.2, 0) is 11.3 Å². The molecule has 1 saturated heterocycles. The zero-order valence-electron chi connectivity index (χ0n) is 16.6. The molecule has 6 heteroatoms. The number of hydrogen-bond donors (Lipinski definition) is 1. The highest BCUT2D eigenvalue weighted by Gasteiger charge is 2.25. The van der Waals surface area contributed by atoms with Gasteiger partial charge in [0.05, 0.1) is 13.2 Å². The number of amides is 1. The molecule has 152 valence electrons. The van der Waals surface area contributed by atoms with E-state index in [2.05, 4.69) is 28.9 Å². The van der Waals surface area contributed by atoms with Crippen LogP contribution in [-0.4, -0.2) is 59.6 Å². The van der Waals surface area contributed by atoms with E-state index >= 15 is 0 Å². The summed E-state index contributed by atoms with van der Waals surface area (Å²) in [5.41, 5.74) is 2.62. The molecule has 1 aliphatic rings. The molecule has 5 nitrogen and oxygen atoms in total. The first-order valence-corrected chi connectivity index (χ1v) is 10.4. The van der Waals surface area contributed by atoms with Gasteiger partial charge in [0.2, 0.25) is 0 Å². The van der Waals surface area contributed by atoms with Gasteiger partial charge in [-0.1, -0.05) is 41.9 Å². The molecular weight excluding hydrogens is 386 g/mol. The maximum absolute atomic E-state index is 13.5. The molecule has 0 saturated carbocycles. The maximum atomic E-state index is 13.5. The van der Waals surface area contributed by atoms with Crippen molar-refractivity contribution in [3.63, 3.8) is 0 Å². The van der Waals surface area contributed by atoms with Crippen molar-refractivity contribution in [1.82, 2.24) is 14.8 Å². The third kappa shape index (κ3) is 4.81. The van der Waals surface area contributed by atoms with Crippen LogP contribution in [0, 0.1) is 0 Å². The van der Waals surface area contributed by atoms with Crippen molar-refractivity contribution in [2.45, 2.75) is 19.5 Å². The van der Waals surface area contributed by atoms with Gasteiger partial charge in [0, 0.05) is 48.1 Å². The molecule has 1 atom stereocenters. The number of aromatic nitrogens is 1. The molecule has 29 heavy (non-hydrogen) atoms. The van der Waals surface area contributed by atoms with Crippen molar-refractivity contribution in [3.05, 3.63) is 70.9 Å². The first-order valence-electron chi connectivity index (χ1n) is 10.0. The van der Waals surface area contributed by atoms with E-state index in [9.17, 15) is 4.79 Å². The summed E-state index contributed by atoms with van der Waals surface area (Å²) in [6, 6.07) is 17.7. The van der Waals surface area contributed by atoms with Gasteiger partial charge in [0.15, 0.2) is 0 Å². The zero-order chi connectivity index (χ0) is 20.2. The van der Waals surface area contributed by atoms with Crippen molar-refractivity contribution in [3.8, 4) is 0 Å². The summed E-state index contributed by atoms with van der Waals surface area (Å²) < 4.78 is 5.46. The standard InChI is InChI=1S/C23H26ClN3O2/c1-17(15-26-9-11-29-12-10-26)27(16-18-5-3-2-4-6-18)23(28)22-14-19-13-20(24)7-8-21(19)25-22/h2-8,13-14,17,25H,9-12,15-16H2,1H3. The number of ether oxygens (including phenoxy) is 1. The van der Waals surface area contributed by atoms with Gasteiger partial charge < -0.3 is 14.6 Å². The summed E-state index contributed by atoms with van der Waals surface area (Å²) in [6.45, 7) is 6.83. The van der Waals surface area contributed by atoms with Crippen LogP contribution in [0.5, 0.6) is 0 Å². The fraction of sp³-hybridized carbons (Fsp3) is 0.348. The van der Waals surface area contributed by atoms with Crippen molar-refractivity contribution < 1.29 is 9.53 Å². The summed E-state index contributed by atoms with van der Waals surface area (Å²) in [4.78, 5) is 21.1. The number of nitrogens with one attached hydrogen (secondary N) is 1. The zero-order valence-corrected chi connectivity index (χ0v) is 17.4. The first kappa shape index (κ1) is 20.0. The van der Waals surface area contributed by atoms with Gasteiger partial charge in [-0.3, -0.25) is 9.69 Å². The third-order valence-electron chi connectivity index (χ3n) is 5.43. The molecule has 4 rings (SSSR count). The van der Waals surface area contributed by atoms with Crippen LogP contribution in [0.4, 0.5) is 0 Å². The van der Waals surface area contributed by atoms with Crippen LogP contribution in [0.25, 0.3) is 10.9 Å². The number of aromatic amines is 1. The Morgan fingerprint density at radius 2 is 1.93 bits per heavy atom. The average Bonchev–Trinajstić information content (AvgIpc) is 3.16. The lowest BCUT2D eigenvalue weighted by molar-refractivity contribution is 0.0227. The first-order chi connectivity index (χ1) is 14.1. The van der Waals surface area contributed by atoms with Gasteiger partial charge in [-0.05, 0) is 36.8 Å². The summed E-state index contributed by atoms with van der Waals surface area (Å²) in [6.07, 6.45) is 0. The largest absolute Gasteiger partial charge is 0.379 e. The Kier molecular flexibility index (Phi) is 6.19. The molecule has 3 aromatic rings. The average molecular weight is 412 g/mol. The minimum atomic E-state index is 0.00179. The summed E-state index contributed by atoms with van der Waals surface area (Å²) in [5.74, 6) is 0.00179. The molecular formula is C23H26ClN3O2. The Morgan fingerprint density at radius 1 is 1.17 bits per heavy atom. The molecule has 0 radical (unpaired) electrons. The Bertz CT molecular complexity index is 967. The quantitative estimate of drug-likeness (QED) is 0.661. The van der Waals surface area contributed by atoms with Crippen molar-refractivity contribution in [2.75, 3.05) is 32.8 Å². The van der Waals surface area contributed by atoms with E-state index in [1.807, 2.05) is 47.4 Å². The predicted octanol–water partition coefficient (Wildman–Crippen LogP) is 4.18. The lowest BCUT2D eigenvalue weighted by Crippen LogP contribution is -2.48. The van der Waals surface area contributed by atoms with Crippen LogP contribution < -0.4 is 0 Å². The number of carbonyl (C=O) groups excluding carboxylic acids is 1. The molecule has 1 unspecified atom stereocenters. The molecule has 2 heterocycles. The molecule has 2 aromatic carbocycles. The van der Waals surface area contributed by atoms with Gasteiger partial charge in [0.25, 0.3) is 5.91 Å².